The van der Waals surface area contributed by atoms with E-state index >= 15 is 0 Å². The van der Waals surface area contributed by atoms with Crippen LogP contribution in [-0.4, -0.2) is 66.4 Å². The third-order valence-electron chi connectivity index (χ3n) is 6.59. The van der Waals surface area contributed by atoms with Crippen molar-refractivity contribution in [1.82, 2.24) is 20.4 Å². The first-order valence-corrected chi connectivity index (χ1v) is 10.4. The lowest BCUT2D eigenvalue weighted by atomic mass is 9.84. The molecule has 3 aliphatic rings. The molecule has 0 spiro atoms. The summed E-state index contributed by atoms with van der Waals surface area (Å²) in [4.78, 5) is 40.2. The molecule has 2 N–H and O–H groups in total. The number of hydrogen-bond acceptors (Lipinski definition) is 4. The van der Waals surface area contributed by atoms with Crippen molar-refractivity contribution in [2.45, 2.75) is 52.5 Å². The number of carbonyl (C=O) groups excluding carboxylic acids is 3. The molecule has 2 aliphatic carbocycles. The summed E-state index contributed by atoms with van der Waals surface area (Å²) in [5.74, 6) is 2.02. The number of carbonyl (C=O) groups is 3. The lowest BCUT2D eigenvalue weighted by Gasteiger charge is -2.35. The number of nitrogens with one attached hydrogen (secondary N) is 2. The predicted molar refractivity (Wildman–Crippen MR) is 103 cm³/mol. The smallest absolute Gasteiger partial charge is 0.321 e. The highest BCUT2D eigenvalue weighted by Gasteiger charge is 2.42. The minimum absolute atomic E-state index is 0.000571. The molecule has 2 saturated carbocycles. The predicted octanol–water partition coefficient (Wildman–Crippen LogP) is 1.44. The van der Waals surface area contributed by atoms with E-state index < -0.39 is 0 Å². The summed E-state index contributed by atoms with van der Waals surface area (Å²) in [6.45, 7) is 8.65. The molecule has 0 aromatic carbocycles. The summed E-state index contributed by atoms with van der Waals surface area (Å²) in [6.07, 6.45) is 5.14. The second-order valence-electron chi connectivity index (χ2n) is 8.91. The summed E-state index contributed by atoms with van der Waals surface area (Å²) in [5.41, 5.74) is 0. The third-order valence-corrected chi connectivity index (χ3v) is 6.59. The van der Waals surface area contributed by atoms with Gasteiger partial charge in [-0.15, -0.1) is 0 Å². The van der Waals surface area contributed by atoms with Gasteiger partial charge in [0.05, 0.1) is 6.54 Å². The maximum absolute atomic E-state index is 12.2. The summed E-state index contributed by atoms with van der Waals surface area (Å²) in [5, 5.41) is 5.43. The van der Waals surface area contributed by atoms with Crippen LogP contribution in [0.2, 0.25) is 0 Å². The van der Waals surface area contributed by atoms with Crippen molar-refractivity contribution >= 4 is 17.8 Å². The standard InChI is InChI=1S/C20H34N4O3/c1-13(2)19(26)24-8-6-23(7-9-24)12-18(25)22-20(27)21-14(3)17-11-15-4-5-16(17)10-15/h13-17H,4-12H2,1-3H3,(H2,21,22,25,27). The first-order valence-electron chi connectivity index (χ1n) is 10.4. The summed E-state index contributed by atoms with van der Waals surface area (Å²) in [6, 6.07) is -0.275. The Hall–Kier alpha value is -1.63. The molecule has 7 heteroatoms. The van der Waals surface area contributed by atoms with Gasteiger partial charge in [-0.25, -0.2) is 4.79 Å². The average molecular weight is 379 g/mol. The van der Waals surface area contributed by atoms with Gasteiger partial charge in [-0.2, -0.15) is 0 Å². The molecule has 4 unspecified atom stereocenters. The molecule has 152 valence electrons. The van der Waals surface area contributed by atoms with Crippen LogP contribution in [0.3, 0.4) is 0 Å². The molecule has 27 heavy (non-hydrogen) atoms. The lowest BCUT2D eigenvalue weighted by molar-refractivity contribution is -0.136. The SMILES string of the molecule is CC(C)C(=O)N1CCN(CC(=O)NC(=O)NC(C)C2CC3CCC2C3)CC1. The zero-order valence-electron chi connectivity index (χ0n) is 16.9. The Morgan fingerprint density at radius 1 is 1.00 bits per heavy atom. The van der Waals surface area contributed by atoms with Gasteiger partial charge >= 0.3 is 6.03 Å². The first kappa shape index (κ1) is 20.1. The Labute approximate surface area is 162 Å². The molecule has 3 rings (SSSR count). The number of fused-ring (bicyclic) bond motifs is 2. The number of hydrogen-bond donors (Lipinski definition) is 2. The van der Waals surface area contributed by atoms with Crippen LogP contribution in [0.15, 0.2) is 0 Å². The third kappa shape index (κ3) is 5.00. The molecule has 3 fully saturated rings. The van der Waals surface area contributed by atoms with Crippen molar-refractivity contribution < 1.29 is 14.4 Å². The number of piperazine rings is 1. The van der Waals surface area contributed by atoms with E-state index in [1.54, 1.807) is 0 Å². The Kier molecular flexibility index (Phi) is 6.40. The van der Waals surface area contributed by atoms with E-state index in [2.05, 4.69) is 17.6 Å². The zero-order chi connectivity index (χ0) is 19.6. The second-order valence-corrected chi connectivity index (χ2v) is 8.91. The van der Waals surface area contributed by atoms with Crippen LogP contribution in [0.1, 0.15) is 46.5 Å². The highest BCUT2D eigenvalue weighted by molar-refractivity contribution is 5.95. The zero-order valence-corrected chi connectivity index (χ0v) is 16.9. The van der Waals surface area contributed by atoms with E-state index in [-0.39, 0.29) is 36.3 Å². The lowest BCUT2D eigenvalue weighted by Crippen LogP contribution is -2.53. The quantitative estimate of drug-likeness (QED) is 0.758. The minimum atomic E-state index is -0.385. The molecule has 7 nitrogen and oxygen atoms in total. The number of imide groups is 1. The molecule has 1 heterocycles. The first-order chi connectivity index (χ1) is 12.8. The van der Waals surface area contributed by atoms with E-state index in [1.807, 2.05) is 23.6 Å². The van der Waals surface area contributed by atoms with Gasteiger partial charge in [-0.1, -0.05) is 20.3 Å². The highest BCUT2D eigenvalue weighted by atomic mass is 16.2. The van der Waals surface area contributed by atoms with Crippen LogP contribution in [0.5, 0.6) is 0 Å². The van der Waals surface area contributed by atoms with Crippen molar-refractivity contribution in [3.8, 4) is 0 Å². The van der Waals surface area contributed by atoms with E-state index in [0.717, 1.165) is 11.8 Å². The van der Waals surface area contributed by atoms with Gasteiger partial charge < -0.3 is 10.2 Å². The van der Waals surface area contributed by atoms with Crippen LogP contribution in [-0.2, 0) is 9.59 Å². The molecule has 0 aromatic heterocycles. The van der Waals surface area contributed by atoms with Crippen LogP contribution in [0.4, 0.5) is 4.79 Å². The maximum atomic E-state index is 12.2. The molecule has 0 aromatic rings. The summed E-state index contributed by atoms with van der Waals surface area (Å²) < 4.78 is 0. The fourth-order valence-corrected chi connectivity index (χ4v) is 5.12. The number of urea groups is 1. The van der Waals surface area contributed by atoms with Crippen LogP contribution in [0.25, 0.3) is 0 Å². The van der Waals surface area contributed by atoms with Crippen molar-refractivity contribution in [3.63, 3.8) is 0 Å². The molecular weight excluding hydrogens is 344 g/mol. The van der Waals surface area contributed by atoms with E-state index in [0.29, 0.717) is 32.1 Å². The molecule has 1 saturated heterocycles. The van der Waals surface area contributed by atoms with Gasteiger partial charge in [0.25, 0.3) is 0 Å². The topological polar surface area (TPSA) is 81.8 Å². The van der Waals surface area contributed by atoms with Gasteiger partial charge in [0.2, 0.25) is 11.8 Å². The number of rotatable bonds is 5. The van der Waals surface area contributed by atoms with Crippen LogP contribution >= 0.6 is 0 Å². The highest BCUT2D eigenvalue weighted by Crippen LogP contribution is 2.49. The molecule has 0 radical (unpaired) electrons. The maximum Gasteiger partial charge on any atom is 0.321 e. The van der Waals surface area contributed by atoms with Gasteiger partial charge in [0.1, 0.15) is 0 Å². The molecular formula is C20H34N4O3. The summed E-state index contributed by atoms with van der Waals surface area (Å²) in [7, 11) is 0. The normalized spacial score (nSPS) is 29.0. The summed E-state index contributed by atoms with van der Waals surface area (Å²) >= 11 is 0. The van der Waals surface area contributed by atoms with Crippen LogP contribution in [0, 0.1) is 23.7 Å². The molecule has 2 bridgehead atoms. The van der Waals surface area contributed by atoms with E-state index in [1.165, 1.54) is 25.7 Å². The van der Waals surface area contributed by atoms with Gasteiger partial charge in [-0.05, 0) is 43.9 Å². The van der Waals surface area contributed by atoms with Crippen molar-refractivity contribution in [3.05, 3.63) is 0 Å². The van der Waals surface area contributed by atoms with Gasteiger partial charge in [0, 0.05) is 38.1 Å². The van der Waals surface area contributed by atoms with Crippen molar-refractivity contribution in [2.24, 2.45) is 23.7 Å². The number of nitrogens with zero attached hydrogens (tertiary/aromatic N) is 2. The van der Waals surface area contributed by atoms with E-state index in [9.17, 15) is 14.4 Å². The molecule has 4 amide bonds. The monoisotopic (exact) mass is 378 g/mol. The Balaban J connectivity index is 1.35. The molecule has 1 aliphatic heterocycles. The minimum Gasteiger partial charge on any atom is -0.340 e. The number of amides is 4. The van der Waals surface area contributed by atoms with Crippen LogP contribution < -0.4 is 10.6 Å². The van der Waals surface area contributed by atoms with E-state index in [4.69, 9.17) is 0 Å². The Morgan fingerprint density at radius 2 is 1.70 bits per heavy atom. The fourth-order valence-electron chi connectivity index (χ4n) is 5.12. The Bertz CT molecular complexity index is 572. The average Bonchev–Trinajstić information content (AvgIpc) is 3.24. The largest absolute Gasteiger partial charge is 0.340 e. The van der Waals surface area contributed by atoms with Crippen molar-refractivity contribution in [2.75, 3.05) is 32.7 Å². The molecule has 4 atom stereocenters. The van der Waals surface area contributed by atoms with Gasteiger partial charge in [0.15, 0.2) is 0 Å². The van der Waals surface area contributed by atoms with Gasteiger partial charge in [-0.3, -0.25) is 19.8 Å². The second kappa shape index (κ2) is 8.59. The fraction of sp³-hybridized carbons (Fsp3) is 0.850. The Morgan fingerprint density at radius 3 is 2.26 bits per heavy atom. The van der Waals surface area contributed by atoms with Crippen molar-refractivity contribution in [1.29, 1.82) is 0 Å².